The summed E-state index contributed by atoms with van der Waals surface area (Å²) in [4.78, 5) is 16.1. The number of benzene rings is 2. The Bertz CT molecular complexity index is 1360. The van der Waals surface area contributed by atoms with Crippen molar-refractivity contribution in [1.82, 2.24) is 19.9 Å². The van der Waals surface area contributed by atoms with Crippen LogP contribution in [0, 0.1) is 11.6 Å². The number of ether oxygens (including phenoxy) is 1. The van der Waals surface area contributed by atoms with Crippen LogP contribution in [-0.4, -0.2) is 32.5 Å². The van der Waals surface area contributed by atoms with E-state index in [2.05, 4.69) is 40.5 Å². The Labute approximate surface area is 204 Å². The predicted molar refractivity (Wildman–Crippen MR) is 122 cm³/mol. The van der Waals surface area contributed by atoms with Crippen molar-refractivity contribution in [2.75, 3.05) is 10.7 Å². The summed E-state index contributed by atoms with van der Waals surface area (Å²) in [6.45, 7) is 0. The molecule has 0 atom stereocenters. The maximum atomic E-state index is 14.4. The minimum Gasteiger partial charge on any atom is -0.406 e. The molecule has 8 nitrogen and oxygen atoms in total. The first-order chi connectivity index (χ1) is 17.2. The smallest absolute Gasteiger partial charge is 0.406 e. The molecule has 2 heterocycles. The molecule has 0 aliphatic heterocycles. The molecule has 0 saturated carbocycles. The quantitative estimate of drug-likeness (QED) is 0.134. The first kappa shape index (κ1) is 24.7. The highest BCUT2D eigenvalue weighted by atomic mass is 35.5. The Morgan fingerprint density at radius 1 is 0.889 bits per heavy atom. The molecular formula is C22H13ClF5N7O. The number of alkyl halides is 3. The second-order valence-electron chi connectivity index (χ2n) is 6.88. The van der Waals surface area contributed by atoms with E-state index in [-0.39, 0.29) is 22.9 Å². The van der Waals surface area contributed by atoms with Gasteiger partial charge in [0, 0.05) is 0 Å². The largest absolute Gasteiger partial charge is 0.573 e. The van der Waals surface area contributed by atoms with Crippen LogP contribution in [0.2, 0.25) is 5.15 Å². The van der Waals surface area contributed by atoms with Gasteiger partial charge >= 0.3 is 6.36 Å². The first-order valence-electron chi connectivity index (χ1n) is 9.90. The van der Waals surface area contributed by atoms with Crippen LogP contribution >= 0.6 is 11.6 Å². The zero-order chi connectivity index (χ0) is 25.7. The standard InChI is InChI=1S/C22H13ClF5N7O/c23-17-9-6-13(11-29-17)31-20-32-19(18-15(24)2-1-3-16(18)25)33-21(34-20)35-30-10-12-4-7-14(8-5-12)36-22(26,27)28/h1-11H,(H2,31,32,33,34,35)/b30-10-. The fourth-order valence-corrected chi connectivity index (χ4v) is 2.92. The van der Waals surface area contributed by atoms with Crippen LogP contribution in [0.25, 0.3) is 11.4 Å². The second kappa shape index (κ2) is 10.5. The number of nitrogens with one attached hydrogen (secondary N) is 2. The van der Waals surface area contributed by atoms with E-state index in [1.54, 1.807) is 6.07 Å². The number of hydrazone groups is 1. The molecule has 0 unspecified atom stereocenters. The SMILES string of the molecule is Fc1cccc(F)c1-c1nc(N/N=C\c2ccc(OC(F)(F)F)cc2)nc(Nc2ccc(Cl)nc2)n1. The third-order valence-corrected chi connectivity index (χ3v) is 4.52. The van der Waals surface area contributed by atoms with Gasteiger partial charge in [-0.05, 0) is 54.1 Å². The van der Waals surface area contributed by atoms with E-state index in [0.29, 0.717) is 11.3 Å². The average molecular weight is 522 g/mol. The van der Waals surface area contributed by atoms with E-state index in [9.17, 15) is 22.0 Å². The van der Waals surface area contributed by atoms with Crippen molar-refractivity contribution in [3.8, 4) is 17.1 Å². The Hall–Kier alpha value is -4.39. The van der Waals surface area contributed by atoms with Crippen LogP contribution in [0.4, 0.5) is 39.5 Å². The van der Waals surface area contributed by atoms with Gasteiger partial charge in [0.25, 0.3) is 0 Å². The van der Waals surface area contributed by atoms with Crippen LogP contribution in [-0.2, 0) is 0 Å². The lowest BCUT2D eigenvalue weighted by molar-refractivity contribution is -0.274. The number of aromatic nitrogens is 4. The van der Waals surface area contributed by atoms with Crippen molar-refractivity contribution in [3.05, 3.63) is 83.1 Å². The van der Waals surface area contributed by atoms with Gasteiger partial charge in [0.05, 0.1) is 23.7 Å². The Balaban J connectivity index is 1.60. The molecule has 0 bridgehead atoms. The van der Waals surface area contributed by atoms with E-state index in [1.807, 2.05) is 0 Å². The molecular weight excluding hydrogens is 509 g/mol. The minimum absolute atomic E-state index is 0.0851. The second-order valence-corrected chi connectivity index (χ2v) is 7.27. The molecule has 184 valence electrons. The molecule has 2 aromatic heterocycles. The molecule has 36 heavy (non-hydrogen) atoms. The highest BCUT2D eigenvalue weighted by Gasteiger charge is 2.30. The number of anilines is 3. The van der Waals surface area contributed by atoms with Crippen molar-refractivity contribution in [2.45, 2.75) is 6.36 Å². The van der Waals surface area contributed by atoms with Gasteiger partial charge in [0.2, 0.25) is 11.9 Å². The number of pyridine rings is 1. The number of hydrogen-bond acceptors (Lipinski definition) is 8. The number of nitrogens with zero attached hydrogens (tertiary/aromatic N) is 5. The van der Waals surface area contributed by atoms with E-state index >= 15 is 0 Å². The minimum atomic E-state index is -4.81. The van der Waals surface area contributed by atoms with Crippen LogP contribution in [0.1, 0.15) is 5.56 Å². The summed E-state index contributed by atoms with van der Waals surface area (Å²) in [5.41, 5.74) is 2.87. The summed E-state index contributed by atoms with van der Waals surface area (Å²) in [7, 11) is 0. The lowest BCUT2D eigenvalue weighted by Gasteiger charge is -2.10. The zero-order valence-electron chi connectivity index (χ0n) is 17.8. The third-order valence-electron chi connectivity index (χ3n) is 4.30. The third kappa shape index (κ3) is 6.60. The summed E-state index contributed by atoms with van der Waals surface area (Å²) >= 11 is 5.78. The van der Waals surface area contributed by atoms with Gasteiger partial charge in [0.1, 0.15) is 22.5 Å². The molecule has 4 aromatic rings. The topological polar surface area (TPSA) is 97.2 Å². The normalized spacial score (nSPS) is 11.5. The maximum Gasteiger partial charge on any atom is 0.573 e. The Kier molecular flexibility index (Phi) is 7.20. The van der Waals surface area contributed by atoms with Gasteiger partial charge in [-0.15, -0.1) is 13.2 Å². The highest BCUT2D eigenvalue weighted by Crippen LogP contribution is 2.26. The monoisotopic (exact) mass is 521 g/mol. The summed E-state index contributed by atoms with van der Waals surface area (Å²) in [5.74, 6) is -2.77. The van der Waals surface area contributed by atoms with E-state index in [0.717, 1.165) is 24.3 Å². The van der Waals surface area contributed by atoms with Crippen molar-refractivity contribution in [2.24, 2.45) is 5.10 Å². The van der Waals surface area contributed by atoms with Crippen molar-refractivity contribution in [3.63, 3.8) is 0 Å². The molecule has 0 fully saturated rings. The Morgan fingerprint density at radius 3 is 2.22 bits per heavy atom. The van der Waals surface area contributed by atoms with Crippen LogP contribution < -0.4 is 15.5 Å². The van der Waals surface area contributed by atoms with Gasteiger partial charge in [-0.25, -0.2) is 19.2 Å². The Morgan fingerprint density at radius 2 is 1.58 bits per heavy atom. The lowest BCUT2D eigenvalue weighted by atomic mass is 10.2. The average Bonchev–Trinajstić information content (AvgIpc) is 2.81. The molecule has 0 aliphatic carbocycles. The van der Waals surface area contributed by atoms with Crippen molar-refractivity contribution in [1.29, 1.82) is 0 Å². The van der Waals surface area contributed by atoms with Crippen molar-refractivity contribution < 1.29 is 26.7 Å². The predicted octanol–water partition coefficient (Wildman–Crippen LogP) is 5.95. The van der Waals surface area contributed by atoms with Gasteiger partial charge in [0.15, 0.2) is 5.82 Å². The molecule has 0 aliphatic rings. The first-order valence-corrected chi connectivity index (χ1v) is 10.3. The lowest BCUT2D eigenvalue weighted by Crippen LogP contribution is -2.17. The summed E-state index contributed by atoms with van der Waals surface area (Å²) < 4.78 is 69.4. The van der Waals surface area contributed by atoms with Gasteiger partial charge in [-0.3, -0.25) is 0 Å². The molecule has 0 amide bonds. The van der Waals surface area contributed by atoms with Crippen molar-refractivity contribution >= 4 is 35.4 Å². The van der Waals surface area contributed by atoms with E-state index < -0.39 is 29.3 Å². The molecule has 14 heteroatoms. The summed E-state index contributed by atoms with van der Waals surface area (Å²) in [5, 5.41) is 7.00. The van der Waals surface area contributed by atoms with E-state index in [4.69, 9.17) is 11.6 Å². The number of hydrogen-bond donors (Lipinski definition) is 2. The fraction of sp³-hybridized carbons (Fsp3) is 0.0455. The molecule has 0 spiro atoms. The summed E-state index contributed by atoms with van der Waals surface area (Å²) in [6, 6.07) is 11.3. The van der Waals surface area contributed by atoms with Gasteiger partial charge in [-0.1, -0.05) is 17.7 Å². The molecule has 2 aromatic carbocycles. The summed E-state index contributed by atoms with van der Waals surface area (Å²) in [6.07, 6.45) is -2.15. The zero-order valence-corrected chi connectivity index (χ0v) is 18.5. The number of halogens is 6. The van der Waals surface area contributed by atoms with Crippen LogP contribution in [0.15, 0.2) is 65.9 Å². The van der Waals surface area contributed by atoms with Crippen LogP contribution in [0.5, 0.6) is 5.75 Å². The molecule has 2 N–H and O–H groups in total. The van der Waals surface area contributed by atoms with Crippen LogP contribution in [0.3, 0.4) is 0 Å². The number of rotatable bonds is 7. The highest BCUT2D eigenvalue weighted by molar-refractivity contribution is 6.29. The molecule has 4 rings (SSSR count). The molecule has 0 saturated heterocycles. The van der Waals surface area contributed by atoms with Gasteiger partial charge in [-0.2, -0.15) is 20.1 Å². The van der Waals surface area contributed by atoms with E-state index in [1.165, 1.54) is 36.7 Å². The maximum absolute atomic E-state index is 14.4. The fourth-order valence-electron chi connectivity index (χ4n) is 2.80. The van der Waals surface area contributed by atoms with Gasteiger partial charge < -0.3 is 10.1 Å². The molecule has 0 radical (unpaired) electrons.